The predicted octanol–water partition coefficient (Wildman–Crippen LogP) is 1.37. The molecule has 90 valence electrons. The molecule has 0 saturated carbocycles. The van der Waals surface area contributed by atoms with Crippen molar-refractivity contribution in [3.05, 3.63) is 42.0 Å². The summed E-state index contributed by atoms with van der Waals surface area (Å²) in [4.78, 5) is 12.9. The van der Waals surface area contributed by atoms with Gasteiger partial charge in [-0.1, -0.05) is 0 Å². The fourth-order valence-electron chi connectivity index (χ4n) is 1.75. The number of aryl methyl sites for hydroxylation is 2. The lowest BCUT2D eigenvalue weighted by Crippen LogP contribution is -2.22. The van der Waals surface area contributed by atoms with Crippen LogP contribution in [0.5, 0.6) is 0 Å². The Balaban J connectivity index is 2.01. The fraction of sp³-hybridized carbons (Fsp3) is 0.417. The molecule has 0 amide bonds. The van der Waals surface area contributed by atoms with Crippen molar-refractivity contribution < 1.29 is 0 Å². The molecule has 2 rings (SSSR count). The zero-order valence-electron chi connectivity index (χ0n) is 10.4. The first kappa shape index (κ1) is 11.7. The van der Waals surface area contributed by atoms with Gasteiger partial charge in [-0.05, 0) is 13.8 Å². The Morgan fingerprint density at radius 3 is 2.65 bits per heavy atom. The predicted molar refractivity (Wildman–Crippen MR) is 65.2 cm³/mol. The molecule has 0 aliphatic rings. The first-order valence-corrected chi connectivity index (χ1v) is 5.65. The first-order valence-electron chi connectivity index (χ1n) is 5.65. The molecule has 0 fully saturated rings. The van der Waals surface area contributed by atoms with Gasteiger partial charge in [-0.25, -0.2) is 4.98 Å². The van der Waals surface area contributed by atoms with Crippen molar-refractivity contribution in [3.63, 3.8) is 0 Å². The van der Waals surface area contributed by atoms with Gasteiger partial charge in [0.1, 0.15) is 5.82 Å². The summed E-state index contributed by atoms with van der Waals surface area (Å²) in [5.41, 5.74) is 1.95. The molecule has 0 bridgehead atoms. The van der Waals surface area contributed by atoms with Crippen LogP contribution in [0.4, 0.5) is 0 Å². The molecule has 0 aliphatic carbocycles. The van der Waals surface area contributed by atoms with Crippen LogP contribution in [-0.4, -0.2) is 19.5 Å². The molecule has 17 heavy (non-hydrogen) atoms. The van der Waals surface area contributed by atoms with Gasteiger partial charge in [-0.3, -0.25) is 9.97 Å². The minimum atomic E-state index is 0.167. The van der Waals surface area contributed by atoms with Crippen LogP contribution in [0.25, 0.3) is 0 Å². The third-order valence-electron chi connectivity index (χ3n) is 2.82. The number of nitrogens with zero attached hydrogens (tertiary/aromatic N) is 4. The Morgan fingerprint density at radius 1 is 1.24 bits per heavy atom. The molecular weight excluding hydrogens is 214 g/mol. The van der Waals surface area contributed by atoms with E-state index in [0.717, 1.165) is 23.8 Å². The number of imidazole rings is 1. The van der Waals surface area contributed by atoms with Gasteiger partial charge in [-0.2, -0.15) is 0 Å². The van der Waals surface area contributed by atoms with Gasteiger partial charge in [0.2, 0.25) is 0 Å². The first-order chi connectivity index (χ1) is 8.18. The van der Waals surface area contributed by atoms with E-state index in [2.05, 4.69) is 27.2 Å². The van der Waals surface area contributed by atoms with Crippen molar-refractivity contribution in [2.45, 2.75) is 26.4 Å². The highest BCUT2D eigenvalue weighted by Gasteiger charge is 2.10. The van der Waals surface area contributed by atoms with E-state index in [1.54, 1.807) is 18.6 Å². The molecular formula is C12H17N5. The zero-order chi connectivity index (χ0) is 12.3. The topological polar surface area (TPSA) is 55.6 Å². The van der Waals surface area contributed by atoms with Crippen molar-refractivity contribution in [3.8, 4) is 0 Å². The summed E-state index contributed by atoms with van der Waals surface area (Å²) >= 11 is 0. The Labute approximate surface area is 101 Å². The van der Waals surface area contributed by atoms with E-state index in [9.17, 15) is 0 Å². The third kappa shape index (κ3) is 2.68. The second-order valence-electron chi connectivity index (χ2n) is 4.08. The normalized spacial score (nSPS) is 12.6. The summed E-state index contributed by atoms with van der Waals surface area (Å²) in [6, 6.07) is 0.167. The number of hydrogen-bond acceptors (Lipinski definition) is 4. The van der Waals surface area contributed by atoms with E-state index >= 15 is 0 Å². The summed E-state index contributed by atoms with van der Waals surface area (Å²) in [7, 11) is 1.99. The fourth-order valence-corrected chi connectivity index (χ4v) is 1.75. The summed E-state index contributed by atoms with van der Waals surface area (Å²) in [6.07, 6.45) is 7.18. The molecule has 2 heterocycles. The lowest BCUT2D eigenvalue weighted by Gasteiger charge is -2.14. The van der Waals surface area contributed by atoms with Gasteiger partial charge in [0.05, 0.1) is 17.9 Å². The van der Waals surface area contributed by atoms with Crippen LogP contribution >= 0.6 is 0 Å². The highest BCUT2D eigenvalue weighted by molar-refractivity contribution is 5.12. The van der Waals surface area contributed by atoms with Crippen LogP contribution in [0.3, 0.4) is 0 Å². The van der Waals surface area contributed by atoms with Crippen LogP contribution in [0.1, 0.15) is 30.2 Å². The van der Waals surface area contributed by atoms with Crippen molar-refractivity contribution in [2.24, 2.45) is 7.05 Å². The van der Waals surface area contributed by atoms with Crippen LogP contribution in [0, 0.1) is 6.92 Å². The smallest absolute Gasteiger partial charge is 0.122 e. The molecule has 1 atom stereocenters. The van der Waals surface area contributed by atoms with Gasteiger partial charge in [0.25, 0.3) is 0 Å². The summed E-state index contributed by atoms with van der Waals surface area (Å²) < 4.78 is 2.00. The minimum Gasteiger partial charge on any atom is -0.337 e. The van der Waals surface area contributed by atoms with Gasteiger partial charge in [0.15, 0.2) is 0 Å². The van der Waals surface area contributed by atoms with Crippen molar-refractivity contribution >= 4 is 0 Å². The van der Waals surface area contributed by atoms with E-state index < -0.39 is 0 Å². The van der Waals surface area contributed by atoms with Crippen LogP contribution in [0.2, 0.25) is 0 Å². The Morgan fingerprint density at radius 2 is 2.00 bits per heavy atom. The number of rotatable bonds is 4. The average molecular weight is 231 g/mol. The maximum atomic E-state index is 4.35. The van der Waals surface area contributed by atoms with Crippen LogP contribution in [0.15, 0.2) is 24.8 Å². The van der Waals surface area contributed by atoms with Gasteiger partial charge < -0.3 is 9.88 Å². The zero-order valence-corrected chi connectivity index (χ0v) is 10.4. The Bertz CT molecular complexity index is 491. The molecule has 1 N–H and O–H groups in total. The Kier molecular flexibility index (Phi) is 3.49. The minimum absolute atomic E-state index is 0.167. The lowest BCUT2D eigenvalue weighted by atomic mass is 10.2. The molecule has 0 spiro atoms. The molecule has 2 aromatic heterocycles. The highest BCUT2D eigenvalue weighted by atomic mass is 15.1. The second-order valence-corrected chi connectivity index (χ2v) is 4.08. The molecule has 1 unspecified atom stereocenters. The van der Waals surface area contributed by atoms with Gasteiger partial charge in [0, 0.05) is 37.9 Å². The molecule has 0 saturated heterocycles. The van der Waals surface area contributed by atoms with E-state index in [0.29, 0.717) is 0 Å². The van der Waals surface area contributed by atoms with Crippen molar-refractivity contribution in [1.29, 1.82) is 0 Å². The SMILES string of the molecule is Cc1nccnc1C(C)NCc1nccn1C. The molecule has 0 aliphatic heterocycles. The van der Waals surface area contributed by atoms with E-state index in [4.69, 9.17) is 0 Å². The maximum absolute atomic E-state index is 4.35. The molecule has 5 heteroatoms. The van der Waals surface area contributed by atoms with Gasteiger partial charge >= 0.3 is 0 Å². The van der Waals surface area contributed by atoms with E-state index in [1.807, 2.05) is 24.7 Å². The molecule has 0 aromatic carbocycles. The van der Waals surface area contributed by atoms with Crippen LogP contribution < -0.4 is 5.32 Å². The summed E-state index contributed by atoms with van der Waals surface area (Å²) in [6.45, 7) is 4.78. The number of hydrogen-bond donors (Lipinski definition) is 1. The van der Waals surface area contributed by atoms with Crippen molar-refractivity contribution in [2.75, 3.05) is 0 Å². The summed E-state index contributed by atoms with van der Waals surface area (Å²) in [5, 5.41) is 3.40. The molecule has 2 aromatic rings. The van der Waals surface area contributed by atoms with E-state index in [-0.39, 0.29) is 6.04 Å². The maximum Gasteiger partial charge on any atom is 0.122 e. The largest absolute Gasteiger partial charge is 0.337 e. The Hall–Kier alpha value is -1.75. The molecule has 0 radical (unpaired) electrons. The lowest BCUT2D eigenvalue weighted by molar-refractivity contribution is 0.534. The van der Waals surface area contributed by atoms with Crippen LogP contribution in [-0.2, 0) is 13.6 Å². The van der Waals surface area contributed by atoms with Gasteiger partial charge in [-0.15, -0.1) is 0 Å². The average Bonchev–Trinajstić information content (AvgIpc) is 2.72. The second kappa shape index (κ2) is 5.05. The van der Waals surface area contributed by atoms with E-state index in [1.165, 1.54) is 0 Å². The standard InChI is InChI=1S/C12H17N5/c1-9-12(15-5-4-13-9)10(2)16-8-11-14-6-7-17(11)3/h4-7,10,16H,8H2,1-3H3. The molecule has 5 nitrogen and oxygen atoms in total. The highest BCUT2D eigenvalue weighted by Crippen LogP contribution is 2.12. The quantitative estimate of drug-likeness (QED) is 0.863. The summed E-state index contributed by atoms with van der Waals surface area (Å²) in [5.74, 6) is 1.01. The monoisotopic (exact) mass is 231 g/mol. The third-order valence-corrected chi connectivity index (χ3v) is 2.82. The number of nitrogens with one attached hydrogen (secondary N) is 1. The number of aromatic nitrogens is 4. The van der Waals surface area contributed by atoms with Crippen molar-refractivity contribution in [1.82, 2.24) is 24.8 Å².